The molecule has 2 N–H and O–H groups in total. The van der Waals surface area contributed by atoms with Crippen molar-refractivity contribution < 1.29 is 28.9 Å². The van der Waals surface area contributed by atoms with Crippen molar-refractivity contribution in [1.82, 2.24) is 0 Å². The van der Waals surface area contributed by atoms with Gasteiger partial charge in [-0.15, -0.1) is 0 Å². The number of halogens is 1. The smallest absolute Gasteiger partial charge is 0.306 e. The third-order valence-electron chi connectivity index (χ3n) is 2.81. The van der Waals surface area contributed by atoms with Crippen LogP contribution in [0.1, 0.15) is 18.4 Å². The number of carboxylic acid groups (broad SMARTS) is 2. The van der Waals surface area contributed by atoms with Crippen molar-refractivity contribution in [2.75, 3.05) is 13.3 Å². The molecule has 0 aliphatic heterocycles. The number of carboxylic acids is 2. The highest BCUT2D eigenvalue weighted by Gasteiger charge is 2.19. The molecule has 0 unspecified atom stereocenters. The number of aliphatic carboxylic acids is 2. The highest BCUT2D eigenvalue weighted by atomic mass is 19.1. The Morgan fingerprint density at radius 2 is 1.85 bits per heavy atom. The summed E-state index contributed by atoms with van der Waals surface area (Å²) in [5.74, 6) is -2.23. The van der Waals surface area contributed by atoms with E-state index in [1.54, 1.807) is 24.3 Å². The summed E-state index contributed by atoms with van der Waals surface area (Å²) in [5.41, 5.74) is 0.774. The van der Waals surface area contributed by atoms with E-state index in [4.69, 9.17) is 14.9 Å². The Hall–Kier alpha value is -2.11. The van der Waals surface area contributed by atoms with E-state index in [0.717, 1.165) is 5.56 Å². The van der Waals surface area contributed by atoms with Crippen LogP contribution in [0.15, 0.2) is 24.3 Å². The van der Waals surface area contributed by atoms with Gasteiger partial charge in [-0.05, 0) is 30.5 Å². The van der Waals surface area contributed by atoms with Gasteiger partial charge in [-0.3, -0.25) is 9.59 Å². The van der Waals surface area contributed by atoms with E-state index in [1.165, 1.54) is 0 Å². The molecule has 0 saturated carbocycles. The number of hydrogen-bond acceptors (Lipinski definition) is 3. The first-order valence-electron chi connectivity index (χ1n) is 6.25. The Labute approximate surface area is 116 Å². The zero-order valence-corrected chi connectivity index (χ0v) is 10.9. The van der Waals surface area contributed by atoms with Gasteiger partial charge in [0.15, 0.2) is 0 Å². The van der Waals surface area contributed by atoms with E-state index in [0.29, 0.717) is 5.75 Å². The molecule has 0 aromatic heterocycles. The molecule has 1 atom stereocenters. The second-order valence-corrected chi connectivity index (χ2v) is 4.35. The van der Waals surface area contributed by atoms with E-state index >= 15 is 0 Å². The molecule has 0 saturated heterocycles. The molecule has 0 fully saturated rings. The number of ether oxygens (including phenoxy) is 1. The minimum Gasteiger partial charge on any atom is -0.491 e. The Bertz CT molecular complexity index is 443. The van der Waals surface area contributed by atoms with Crippen LogP contribution in [0.5, 0.6) is 5.75 Å². The highest BCUT2D eigenvalue weighted by molar-refractivity contribution is 5.72. The Kier molecular flexibility index (Phi) is 6.49. The van der Waals surface area contributed by atoms with Crippen molar-refractivity contribution in [3.63, 3.8) is 0 Å². The summed E-state index contributed by atoms with van der Waals surface area (Å²) in [7, 11) is 0. The van der Waals surface area contributed by atoms with Crippen molar-refractivity contribution in [2.24, 2.45) is 5.92 Å². The quantitative estimate of drug-likeness (QED) is 0.726. The Balaban J connectivity index is 2.59. The summed E-state index contributed by atoms with van der Waals surface area (Å²) in [6.45, 7) is -0.590. The van der Waals surface area contributed by atoms with Crippen molar-refractivity contribution in [1.29, 1.82) is 0 Å². The van der Waals surface area contributed by atoms with Gasteiger partial charge in [0.25, 0.3) is 0 Å². The molecule has 1 aromatic rings. The van der Waals surface area contributed by atoms with Crippen LogP contribution < -0.4 is 4.74 Å². The predicted molar refractivity (Wildman–Crippen MR) is 69.6 cm³/mol. The summed E-state index contributed by atoms with van der Waals surface area (Å²) in [6, 6.07) is 6.68. The molecule has 0 heterocycles. The zero-order chi connectivity index (χ0) is 15.0. The van der Waals surface area contributed by atoms with Crippen molar-refractivity contribution >= 4 is 11.9 Å². The molecule has 0 bridgehead atoms. The molecule has 0 spiro atoms. The van der Waals surface area contributed by atoms with Gasteiger partial charge in [-0.2, -0.15) is 0 Å². The highest BCUT2D eigenvalue weighted by Crippen LogP contribution is 2.18. The number of carbonyl (C=O) groups is 2. The van der Waals surface area contributed by atoms with Crippen molar-refractivity contribution in [3.05, 3.63) is 29.8 Å². The number of alkyl halides is 1. The third-order valence-corrected chi connectivity index (χ3v) is 2.81. The second-order valence-electron chi connectivity index (χ2n) is 4.35. The van der Waals surface area contributed by atoms with E-state index < -0.39 is 24.5 Å². The fourth-order valence-electron chi connectivity index (χ4n) is 1.77. The Morgan fingerprint density at radius 3 is 2.35 bits per heavy atom. The SMILES string of the molecule is O=C(O)CC[C@@H](Cc1ccc(OCCF)cc1)C(=O)O. The van der Waals surface area contributed by atoms with Gasteiger partial charge in [-0.25, -0.2) is 4.39 Å². The summed E-state index contributed by atoms with van der Waals surface area (Å²) < 4.78 is 17.0. The van der Waals surface area contributed by atoms with E-state index in [1.807, 2.05) is 0 Å². The van der Waals surface area contributed by atoms with Crippen LogP contribution >= 0.6 is 0 Å². The molecule has 0 aliphatic rings. The second kappa shape index (κ2) is 8.14. The third kappa shape index (κ3) is 5.69. The lowest BCUT2D eigenvalue weighted by molar-refractivity contribution is -0.142. The monoisotopic (exact) mass is 284 g/mol. The van der Waals surface area contributed by atoms with Crippen LogP contribution in [0, 0.1) is 5.92 Å². The molecule has 110 valence electrons. The average molecular weight is 284 g/mol. The van der Waals surface area contributed by atoms with Crippen LogP contribution in [0.3, 0.4) is 0 Å². The zero-order valence-electron chi connectivity index (χ0n) is 10.9. The lowest BCUT2D eigenvalue weighted by Crippen LogP contribution is -2.17. The summed E-state index contributed by atoms with van der Waals surface area (Å²) in [6.07, 6.45) is 0.172. The normalized spacial score (nSPS) is 11.8. The van der Waals surface area contributed by atoms with Crippen LogP contribution in [-0.4, -0.2) is 35.4 Å². The molecule has 1 rings (SSSR count). The Morgan fingerprint density at radius 1 is 1.20 bits per heavy atom. The number of benzene rings is 1. The molecule has 5 nitrogen and oxygen atoms in total. The molecule has 1 aromatic carbocycles. The van der Waals surface area contributed by atoms with Gasteiger partial charge >= 0.3 is 11.9 Å². The van der Waals surface area contributed by atoms with Gasteiger partial charge in [-0.1, -0.05) is 12.1 Å². The molecule has 0 amide bonds. The summed E-state index contributed by atoms with van der Waals surface area (Å²) in [5, 5.41) is 17.6. The van der Waals surface area contributed by atoms with Crippen molar-refractivity contribution in [2.45, 2.75) is 19.3 Å². The van der Waals surface area contributed by atoms with Crippen molar-refractivity contribution in [3.8, 4) is 5.75 Å². The lowest BCUT2D eigenvalue weighted by atomic mass is 9.95. The average Bonchev–Trinajstić information content (AvgIpc) is 2.42. The molecule has 6 heteroatoms. The first-order valence-corrected chi connectivity index (χ1v) is 6.25. The van der Waals surface area contributed by atoms with E-state index in [-0.39, 0.29) is 25.9 Å². The van der Waals surface area contributed by atoms with E-state index in [9.17, 15) is 14.0 Å². The van der Waals surface area contributed by atoms with Gasteiger partial charge in [0, 0.05) is 6.42 Å². The van der Waals surface area contributed by atoms with E-state index in [2.05, 4.69) is 0 Å². The summed E-state index contributed by atoms with van der Waals surface area (Å²) in [4.78, 5) is 21.5. The fraction of sp³-hybridized carbons (Fsp3) is 0.429. The maximum Gasteiger partial charge on any atom is 0.306 e. The van der Waals surface area contributed by atoms with Gasteiger partial charge in [0.05, 0.1) is 5.92 Å². The predicted octanol–water partition coefficient (Wildman–Crippen LogP) is 2.14. The minimum absolute atomic E-state index is 0.0181. The minimum atomic E-state index is -1.01. The largest absolute Gasteiger partial charge is 0.491 e. The molecular weight excluding hydrogens is 267 g/mol. The topological polar surface area (TPSA) is 83.8 Å². The summed E-state index contributed by atoms with van der Waals surface area (Å²) >= 11 is 0. The lowest BCUT2D eigenvalue weighted by Gasteiger charge is -2.11. The maximum atomic E-state index is 11.9. The van der Waals surface area contributed by atoms with Crippen LogP contribution in [0.4, 0.5) is 4.39 Å². The van der Waals surface area contributed by atoms with Gasteiger partial charge in [0.1, 0.15) is 19.0 Å². The van der Waals surface area contributed by atoms with Gasteiger partial charge in [0.2, 0.25) is 0 Å². The van der Waals surface area contributed by atoms with Crippen LogP contribution in [0.25, 0.3) is 0 Å². The fourth-order valence-corrected chi connectivity index (χ4v) is 1.77. The molecule has 0 radical (unpaired) electrons. The number of hydrogen-bond donors (Lipinski definition) is 2. The first kappa shape index (κ1) is 15.9. The standard InChI is InChI=1S/C14H17FO5/c15-7-8-20-12-4-1-10(2-5-12)9-11(14(18)19)3-6-13(16)17/h1-2,4-5,11H,3,6-9H2,(H,16,17)(H,18,19)/t11-/m0/s1. The van der Waals surface area contributed by atoms with Crippen LogP contribution in [-0.2, 0) is 16.0 Å². The van der Waals surface area contributed by atoms with Gasteiger partial charge < -0.3 is 14.9 Å². The first-order chi connectivity index (χ1) is 9.52. The molecule has 20 heavy (non-hydrogen) atoms. The number of rotatable bonds is 9. The molecule has 0 aliphatic carbocycles. The van der Waals surface area contributed by atoms with Crippen LogP contribution in [0.2, 0.25) is 0 Å². The molecular formula is C14H17FO5. The maximum absolute atomic E-state index is 11.9.